The Morgan fingerprint density at radius 2 is 1.08 bits per heavy atom. The van der Waals surface area contributed by atoms with Crippen LogP contribution in [0.3, 0.4) is 0 Å². The van der Waals surface area contributed by atoms with Gasteiger partial charge in [-0.1, -0.05) is 164 Å². The van der Waals surface area contributed by atoms with Crippen molar-refractivity contribution in [2.24, 2.45) is 4.99 Å². The number of rotatable bonds is 6. The molecule has 0 N–H and O–H groups in total. The molecule has 2 unspecified atom stereocenters. The monoisotopic (exact) mass is 837 g/mol. The molecule has 4 heterocycles. The van der Waals surface area contributed by atoms with Crippen LogP contribution in [-0.2, 0) is 0 Å². The molecule has 0 amide bonds. The summed E-state index contributed by atoms with van der Waals surface area (Å²) in [5, 5.41) is 7.02. The van der Waals surface area contributed by atoms with Crippen molar-refractivity contribution in [1.82, 2.24) is 18.9 Å². The predicted molar refractivity (Wildman–Crippen MR) is 268 cm³/mol. The summed E-state index contributed by atoms with van der Waals surface area (Å²) in [6.45, 7) is 0. The number of nitrogens with zero attached hydrogens (tertiary/aromatic N) is 5. The van der Waals surface area contributed by atoms with Crippen LogP contribution in [0.5, 0.6) is 0 Å². The molecular weight excluding hydrogens is 795 g/mol. The molecule has 12 aromatic rings. The lowest BCUT2D eigenvalue weighted by Crippen LogP contribution is -2.47. The van der Waals surface area contributed by atoms with Crippen molar-refractivity contribution in [3.05, 3.63) is 229 Å². The van der Waals surface area contributed by atoms with E-state index in [4.69, 9.17) is 9.41 Å². The summed E-state index contributed by atoms with van der Waals surface area (Å²) in [6.07, 6.45) is -0.508. The van der Waals surface area contributed by atoms with Crippen LogP contribution < -0.4 is 0 Å². The van der Waals surface area contributed by atoms with Crippen LogP contribution in [0.15, 0.2) is 222 Å². The number of benzene rings is 9. The lowest BCUT2D eigenvalue weighted by atomic mass is 9.98. The number of aromatic nitrogens is 2. The minimum Gasteiger partial charge on any atom is -0.456 e. The predicted octanol–water partition coefficient (Wildman–Crippen LogP) is 14.5. The maximum atomic E-state index is 6.61. The zero-order chi connectivity index (χ0) is 43.2. The van der Waals surface area contributed by atoms with Gasteiger partial charge in [0.25, 0.3) is 0 Å². The molecule has 0 saturated carbocycles. The summed E-state index contributed by atoms with van der Waals surface area (Å²) in [7, 11) is 4.42. The first-order chi connectivity index (χ1) is 32.1. The van der Waals surface area contributed by atoms with E-state index in [1.807, 2.05) is 0 Å². The van der Waals surface area contributed by atoms with E-state index in [0.29, 0.717) is 0 Å². The van der Waals surface area contributed by atoms with E-state index in [-0.39, 0.29) is 12.3 Å². The Kier molecular flexibility index (Phi) is 8.45. The number of aliphatic imine (C=N–C) groups is 1. The van der Waals surface area contributed by atoms with Crippen molar-refractivity contribution in [2.75, 3.05) is 14.1 Å². The third-order valence-corrected chi connectivity index (χ3v) is 13.6. The number of fused-ring (bicyclic) bond motifs is 10. The number of para-hydroxylation sites is 4. The van der Waals surface area contributed by atoms with Gasteiger partial charge in [-0.25, -0.2) is 4.99 Å². The quantitative estimate of drug-likeness (QED) is 0.168. The standard InChI is InChI=1S/C59H43N5O/c1-61-57(39-21-8-4-9-22-39)60-58(47-28-18-32-53-54(47)48-37-40(33-36-52(48)65-53)38-19-6-3-7-20-38)62(2)59(61)46-27-14-17-31-51(46)64-50-30-16-13-26-43(50)45-35-34-44-42-25-12-15-29-49(42)63(55(44)56(45)64)41-23-10-5-11-24-41/h3-37,57,59H,1-2H3. The Morgan fingerprint density at radius 3 is 1.82 bits per heavy atom. The summed E-state index contributed by atoms with van der Waals surface area (Å²) < 4.78 is 11.6. The SMILES string of the molecule is CN1C(c2cccc3oc4ccc(-c5ccccc5)cc4c23)=NC(c2ccccc2)N(C)C1c1ccccc1-n1c2ccccc2c2ccc3c4ccccc4n(-c4ccccc4)c3c21. The van der Waals surface area contributed by atoms with Crippen molar-refractivity contribution in [2.45, 2.75) is 12.3 Å². The summed E-state index contributed by atoms with van der Waals surface area (Å²) in [6, 6.07) is 76.3. The molecule has 0 spiro atoms. The average molecular weight is 838 g/mol. The summed E-state index contributed by atoms with van der Waals surface area (Å²) in [5.41, 5.74) is 14.3. The lowest BCUT2D eigenvalue weighted by molar-refractivity contribution is 0.0745. The molecule has 0 aliphatic carbocycles. The van der Waals surface area contributed by atoms with Gasteiger partial charge < -0.3 is 18.5 Å². The third kappa shape index (κ3) is 5.67. The highest BCUT2D eigenvalue weighted by Gasteiger charge is 2.38. The average Bonchev–Trinajstić information content (AvgIpc) is 4.03. The second kappa shape index (κ2) is 14.7. The molecule has 0 bridgehead atoms. The highest BCUT2D eigenvalue weighted by atomic mass is 16.3. The van der Waals surface area contributed by atoms with Gasteiger partial charge in [0.1, 0.15) is 29.3 Å². The van der Waals surface area contributed by atoms with Gasteiger partial charge in [-0.15, -0.1) is 0 Å². The third-order valence-electron chi connectivity index (χ3n) is 13.6. The molecule has 9 aromatic carbocycles. The van der Waals surface area contributed by atoms with E-state index in [1.54, 1.807) is 0 Å². The van der Waals surface area contributed by atoms with Gasteiger partial charge in [-0.3, -0.25) is 4.90 Å². The van der Waals surface area contributed by atoms with Crippen molar-refractivity contribution in [1.29, 1.82) is 0 Å². The Bertz CT molecular complexity index is 3830. The van der Waals surface area contributed by atoms with Gasteiger partial charge in [-0.2, -0.15) is 0 Å². The zero-order valence-corrected chi connectivity index (χ0v) is 36.0. The number of amidine groups is 1. The molecular formula is C59H43N5O. The molecule has 3 aromatic heterocycles. The fourth-order valence-corrected chi connectivity index (χ4v) is 10.8. The Morgan fingerprint density at radius 1 is 0.462 bits per heavy atom. The highest BCUT2D eigenvalue weighted by Crippen LogP contribution is 2.46. The molecule has 13 rings (SSSR count). The maximum absolute atomic E-state index is 6.61. The first-order valence-electron chi connectivity index (χ1n) is 22.3. The minimum absolute atomic E-state index is 0.229. The van der Waals surface area contributed by atoms with Crippen molar-refractivity contribution in [3.8, 4) is 22.5 Å². The van der Waals surface area contributed by atoms with Crippen LogP contribution in [0.1, 0.15) is 29.0 Å². The van der Waals surface area contributed by atoms with Gasteiger partial charge in [0.2, 0.25) is 0 Å². The van der Waals surface area contributed by atoms with E-state index in [0.717, 1.165) is 61.4 Å². The molecule has 0 saturated heterocycles. The van der Waals surface area contributed by atoms with Crippen LogP contribution in [-0.4, -0.2) is 38.9 Å². The van der Waals surface area contributed by atoms with Gasteiger partial charge in [-0.05, 0) is 72.3 Å². The van der Waals surface area contributed by atoms with E-state index >= 15 is 0 Å². The summed E-state index contributed by atoms with van der Waals surface area (Å²) >= 11 is 0. The van der Waals surface area contributed by atoms with Gasteiger partial charge in [0, 0.05) is 56.2 Å². The van der Waals surface area contributed by atoms with E-state index in [1.165, 1.54) is 49.2 Å². The van der Waals surface area contributed by atoms with Crippen molar-refractivity contribution < 1.29 is 4.42 Å². The van der Waals surface area contributed by atoms with Gasteiger partial charge in [0.15, 0.2) is 0 Å². The van der Waals surface area contributed by atoms with Crippen molar-refractivity contribution >= 4 is 71.4 Å². The number of hydrogen-bond donors (Lipinski definition) is 0. The largest absolute Gasteiger partial charge is 0.456 e. The molecule has 6 heteroatoms. The summed E-state index contributed by atoms with van der Waals surface area (Å²) in [5.74, 6) is 0.906. The topological polar surface area (TPSA) is 41.8 Å². The van der Waals surface area contributed by atoms with E-state index in [9.17, 15) is 0 Å². The lowest BCUT2D eigenvalue weighted by Gasteiger charge is -2.45. The zero-order valence-electron chi connectivity index (χ0n) is 36.0. The van der Waals surface area contributed by atoms with Gasteiger partial charge >= 0.3 is 0 Å². The minimum atomic E-state index is -0.278. The molecule has 1 aliphatic rings. The smallest absolute Gasteiger partial charge is 0.136 e. The van der Waals surface area contributed by atoms with Gasteiger partial charge in [0.05, 0.1) is 27.8 Å². The normalized spacial score (nSPS) is 15.8. The first-order valence-corrected chi connectivity index (χ1v) is 22.3. The molecule has 2 atom stereocenters. The Balaban J connectivity index is 1.07. The molecule has 310 valence electrons. The Labute approximate surface area is 376 Å². The molecule has 65 heavy (non-hydrogen) atoms. The number of hydrogen-bond acceptors (Lipinski definition) is 4. The molecule has 6 nitrogen and oxygen atoms in total. The first kappa shape index (κ1) is 37.4. The van der Waals surface area contributed by atoms with Crippen LogP contribution in [0, 0.1) is 0 Å². The Hall–Kier alpha value is -8.19. The second-order valence-electron chi connectivity index (χ2n) is 17.2. The van der Waals surface area contributed by atoms with Crippen LogP contribution >= 0.6 is 0 Å². The number of furan rings is 1. The highest BCUT2D eigenvalue weighted by molar-refractivity contribution is 6.24. The maximum Gasteiger partial charge on any atom is 0.136 e. The summed E-state index contributed by atoms with van der Waals surface area (Å²) in [4.78, 5) is 10.5. The fourth-order valence-electron chi connectivity index (χ4n) is 10.8. The van der Waals surface area contributed by atoms with E-state index in [2.05, 4.69) is 245 Å². The van der Waals surface area contributed by atoms with E-state index < -0.39 is 0 Å². The molecule has 1 aliphatic heterocycles. The molecule has 0 fully saturated rings. The van der Waals surface area contributed by atoms with Crippen LogP contribution in [0.4, 0.5) is 0 Å². The fraction of sp³-hybridized carbons (Fsp3) is 0.0678. The second-order valence-corrected chi connectivity index (χ2v) is 17.2. The van der Waals surface area contributed by atoms with Crippen molar-refractivity contribution in [3.63, 3.8) is 0 Å². The van der Waals surface area contributed by atoms with Crippen LogP contribution in [0.2, 0.25) is 0 Å². The molecule has 0 radical (unpaired) electrons. The van der Waals surface area contributed by atoms with Crippen LogP contribution in [0.25, 0.3) is 88.1 Å².